The van der Waals surface area contributed by atoms with Gasteiger partial charge in [-0.2, -0.15) is 0 Å². The van der Waals surface area contributed by atoms with E-state index in [1.54, 1.807) is 0 Å². The number of aldehydes is 1. The number of rotatable bonds is 5. The second-order valence-corrected chi connectivity index (χ2v) is 4.23. The van der Waals surface area contributed by atoms with Crippen molar-refractivity contribution in [2.24, 2.45) is 0 Å². The molecule has 0 N–H and O–H groups in total. The summed E-state index contributed by atoms with van der Waals surface area (Å²) in [7, 11) is 0. The largest absolute Gasteiger partial charge is 0.298 e. The van der Waals surface area contributed by atoms with E-state index in [1.807, 2.05) is 54.6 Å². The number of benzene rings is 2. The zero-order chi connectivity index (χ0) is 12.6. The van der Waals surface area contributed by atoms with E-state index in [4.69, 9.17) is 0 Å². The predicted molar refractivity (Wildman–Crippen MR) is 75.2 cm³/mol. The van der Waals surface area contributed by atoms with Crippen LogP contribution in [0.3, 0.4) is 0 Å². The molecule has 1 heteroatoms. The summed E-state index contributed by atoms with van der Waals surface area (Å²) in [5.74, 6) is 0. The molecule has 0 aliphatic carbocycles. The summed E-state index contributed by atoms with van der Waals surface area (Å²) in [5.41, 5.74) is 3.18. The Kier molecular flexibility index (Phi) is 4.48. The zero-order valence-corrected chi connectivity index (χ0v) is 10.3. The van der Waals surface area contributed by atoms with Gasteiger partial charge in [0.15, 0.2) is 0 Å². The standard InChI is InChI=1S/C17H16O/c18-14-17(13-16-9-5-2-6-10-16)12-11-15-7-3-1-4-8-15/h1-10,13-14H,11-12H2. The van der Waals surface area contributed by atoms with Crippen LogP contribution in [0.15, 0.2) is 66.2 Å². The third-order valence-corrected chi connectivity index (χ3v) is 2.85. The van der Waals surface area contributed by atoms with Crippen LogP contribution in [-0.2, 0) is 11.2 Å². The minimum Gasteiger partial charge on any atom is -0.298 e. The Bertz CT molecular complexity index is 512. The highest BCUT2D eigenvalue weighted by Crippen LogP contribution is 2.11. The first kappa shape index (κ1) is 12.3. The van der Waals surface area contributed by atoms with Crippen molar-refractivity contribution in [1.82, 2.24) is 0 Å². The SMILES string of the molecule is O=CC(=Cc1ccccc1)CCc1ccccc1. The quantitative estimate of drug-likeness (QED) is 0.568. The summed E-state index contributed by atoms with van der Waals surface area (Å²) in [6.45, 7) is 0. The van der Waals surface area contributed by atoms with Gasteiger partial charge >= 0.3 is 0 Å². The zero-order valence-electron chi connectivity index (χ0n) is 10.3. The van der Waals surface area contributed by atoms with Gasteiger partial charge in [0.05, 0.1) is 0 Å². The van der Waals surface area contributed by atoms with Crippen LogP contribution in [0.25, 0.3) is 6.08 Å². The summed E-state index contributed by atoms with van der Waals surface area (Å²) in [6.07, 6.45) is 4.59. The van der Waals surface area contributed by atoms with Crippen molar-refractivity contribution in [3.63, 3.8) is 0 Å². The van der Waals surface area contributed by atoms with E-state index in [0.717, 1.165) is 30.3 Å². The second kappa shape index (κ2) is 6.55. The van der Waals surface area contributed by atoms with Gasteiger partial charge in [-0.3, -0.25) is 4.79 Å². The molecular formula is C17H16O. The maximum Gasteiger partial charge on any atom is 0.146 e. The summed E-state index contributed by atoms with van der Waals surface area (Å²) in [5, 5.41) is 0. The van der Waals surface area contributed by atoms with Gasteiger partial charge in [-0.25, -0.2) is 0 Å². The smallest absolute Gasteiger partial charge is 0.146 e. The van der Waals surface area contributed by atoms with Gasteiger partial charge in [0, 0.05) is 0 Å². The molecule has 2 rings (SSSR count). The summed E-state index contributed by atoms with van der Waals surface area (Å²) in [4.78, 5) is 11.1. The lowest BCUT2D eigenvalue weighted by atomic mass is 10.0. The second-order valence-electron chi connectivity index (χ2n) is 4.23. The van der Waals surface area contributed by atoms with Gasteiger partial charge in [0.1, 0.15) is 6.29 Å². The summed E-state index contributed by atoms with van der Waals surface area (Å²) < 4.78 is 0. The molecule has 0 bridgehead atoms. The maximum absolute atomic E-state index is 11.1. The molecule has 0 amide bonds. The van der Waals surface area contributed by atoms with Crippen LogP contribution in [0.5, 0.6) is 0 Å². The maximum atomic E-state index is 11.1. The molecular weight excluding hydrogens is 220 g/mol. The molecule has 0 atom stereocenters. The van der Waals surface area contributed by atoms with Gasteiger partial charge in [-0.15, -0.1) is 0 Å². The molecule has 0 aliphatic rings. The van der Waals surface area contributed by atoms with E-state index in [9.17, 15) is 4.79 Å². The molecule has 0 heterocycles. The topological polar surface area (TPSA) is 17.1 Å². The van der Waals surface area contributed by atoms with Crippen LogP contribution >= 0.6 is 0 Å². The average Bonchev–Trinajstić information content (AvgIpc) is 2.45. The first-order chi connectivity index (χ1) is 8.88. The molecule has 18 heavy (non-hydrogen) atoms. The predicted octanol–water partition coefficient (Wildman–Crippen LogP) is 3.90. The normalized spacial score (nSPS) is 11.2. The van der Waals surface area contributed by atoms with Gasteiger partial charge in [-0.05, 0) is 35.6 Å². The number of aryl methyl sites for hydroxylation is 1. The highest BCUT2D eigenvalue weighted by Gasteiger charge is 1.98. The Labute approximate surface area is 108 Å². The summed E-state index contributed by atoms with van der Waals surface area (Å²) in [6, 6.07) is 20.2. The molecule has 0 aromatic heterocycles. The highest BCUT2D eigenvalue weighted by molar-refractivity contribution is 5.81. The summed E-state index contributed by atoms with van der Waals surface area (Å²) >= 11 is 0. The molecule has 1 nitrogen and oxygen atoms in total. The van der Waals surface area contributed by atoms with Crippen LogP contribution in [0, 0.1) is 0 Å². The number of hydrogen-bond donors (Lipinski definition) is 0. The van der Waals surface area contributed by atoms with Crippen LogP contribution in [0.2, 0.25) is 0 Å². The van der Waals surface area contributed by atoms with E-state index in [0.29, 0.717) is 0 Å². The lowest BCUT2D eigenvalue weighted by Crippen LogP contribution is -1.90. The van der Waals surface area contributed by atoms with Crippen molar-refractivity contribution < 1.29 is 4.79 Å². The number of carbonyl (C=O) groups excluding carboxylic acids is 1. The molecule has 0 radical (unpaired) electrons. The Morgan fingerprint density at radius 3 is 2.11 bits per heavy atom. The first-order valence-electron chi connectivity index (χ1n) is 6.13. The van der Waals surface area contributed by atoms with E-state index in [-0.39, 0.29) is 0 Å². The number of carbonyl (C=O) groups is 1. The van der Waals surface area contributed by atoms with Crippen molar-refractivity contribution in [2.45, 2.75) is 12.8 Å². The fourth-order valence-corrected chi connectivity index (χ4v) is 1.86. The number of allylic oxidation sites excluding steroid dienone is 1. The molecule has 0 aliphatic heterocycles. The minimum atomic E-state index is 0.780. The van der Waals surface area contributed by atoms with E-state index >= 15 is 0 Å². The highest BCUT2D eigenvalue weighted by atomic mass is 16.1. The molecule has 0 saturated carbocycles. The monoisotopic (exact) mass is 236 g/mol. The lowest BCUT2D eigenvalue weighted by molar-refractivity contribution is -0.104. The van der Waals surface area contributed by atoms with E-state index < -0.39 is 0 Å². The van der Waals surface area contributed by atoms with Gasteiger partial charge < -0.3 is 0 Å². The van der Waals surface area contributed by atoms with E-state index in [2.05, 4.69) is 12.1 Å². The third-order valence-electron chi connectivity index (χ3n) is 2.85. The average molecular weight is 236 g/mol. The molecule has 2 aromatic carbocycles. The van der Waals surface area contributed by atoms with Crippen molar-refractivity contribution in [3.8, 4) is 0 Å². The van der Waals surface area contributed by atoms with Crippen LogP contribution in [-0.4, -0.2) is 6.29 Å². The van der Waals surface area contributed by atoms with Gasteiger partial charge in [0.25, 0.3) is 0 Å². The van der Waals surface area contributed by atoms with Crippen molar-refractivity contribution in [3.05, 3.63) is 77.4 Å². The van der Waals surface area contributed by atoms with Crippen LogP contribution in [0.4, 0.5) is 0 Å². The third kappa shape index (κ3) is 3.70. The molecule has 0 saturated heterocycles. The first-order valence-corrected chi connectivity index (χ1v) is 6.13. The Balaban J connectivity index is 2.02. The van der Waals surface area contributed by atoms with Crippen LogP contribution < -0.4 is 0 Å². The van der Waals surface area contributed by atoms with Gasteiger partial charge in [0.2, 0.25) is 0 Å². The number of hydrogen-bond acceptors (Lipinski definition) is 1. The fourth-order valence-electron chi connectivity index (χ4n) is 1.86. The molecule has 0 unspecified atom stereocenters. The Morgan fingerprint density at radius 2 is 1.50 bits per heavy atom. The van der Waals surface area contributed by atoms with E-state index in [1.165, 1.54) is 5.56 Å². The van der Waals surface area contributed by atoms with Crippen molar-refractivity contribution in [1.29, 1.82) is 0 Å². The van der Waals surface area contributed by atoms with Gasteiger partial charge in [-0.1, -0.05) is 60.7 Å². The Morgan fingerprint density at radius 1 is 0.889 bits per heavy atom. The van der Waals surface area contributed by atoms with Crippen molar-refractivity contribution >= 4 is 12.4 Å². The van der Waals surface area contributed by atoms with Crippen LogP contribution in [0.1, 0.15) is 17.5 Å². The fraction of sp³-hybridized carbons (Fsp3) is 0.118. The lowest BCUT2D eigenvalue weighted by Gasteiger charge is -2.01. The molecule has 0 spiro atoms. The molecule has 2 aromatic rings. The molecule has 0 fully saturated rings. The molecule has 90 valence electrons. The minimum absolute atomic E-state index is 0.780. The van der Waals surface area contributed by atoms with Crippen molar-refractivity contribution in [2.75, 3.05) is 0 Å². The Hall–Kier alpha value is -2.15.